The van der Waals surface area contributed by atoms with Crippen LogP contribution in [0.1, 0.15) is 0 Å². The zero-order valence-corrected chi connectivity index (χ0v) is 20.1. The van der Waals surface area contributed by atoms with Gasteiger partial charge < -0.3 is 0 Å². The van der Waals surface area contributed by atoms with Crippen LogP contribution in [0.3, 0.4) is 0 Å². The van der Waals surface area contributed by atoms with Crippen molar-refractivity contribution in [3.63, 3.8) is 0 Å². The van der Waals surface area contributed by atoms with Crippen molar-refractivity contribution in [2.75, 3.05) is 0 Å². The van der Waals surface area contributed by atoms with Gasteiger partial charge in [0.25, 0.3) is 0 Å². The molecule has 0 bridgehead atoms. The molecule has 0 fully saturated rings. The molecule has 0 aromatic heterocycles. The Morgan fingerprint density at radius 2 is 0.714 bits per heavy atom. The van der Waals surface area contributed by atoms with Gasteiger partial charge in [-0.25, -0.2) is 0 Å². The van der Waals surface area contributed by atoms with Gasteiger partial charge in [0.05, 0.1) is 0 Å². The van der Waals surface area contributed by atoms with Gasteiger partial charge in [-0.3, -0.25) is 0 Å². The van der Waals surface area contributed by atoms with Crippen LogP contribution in [-0.4, -0.2) is 12.3 Å². The summed E-state index contributed by atoms with van der Waals surface area (Å²) in [6.07, 6.45) is 0. The van der Waals surface area contributed by atoms with Crippen LogP contribution in [0.2, 0.25) is 0 Å². The number of rotatable bonds is 8. The van der Waals surface area contributed by atoms with Crippen LogP contribution in [0.5, 0.6) is 5.75 Å². The first kappa shape index (κ1) is 23.1. The van der Waals surface area contributed by atoms with Gasteiger partial charge in [0.2, 0.25) is 0 Å². The molecule has 0 aliphatic heterocycles. The van der Waals surface area contributed by atoms with Gasteiger partial charge in [-0.2, -0.15) is 0 Å². The molecule has 0 saturated heterocycles. The molecular formula is C30H26BO3P. The molecule has 3 nitrogen and oxygen atoms in total. The molecule has 0 spiro atoms. The van der Waals surface area contributed by atoms with Gasteiger partial charge in [0, 0.05) is 0 Å². The van der Waals surface area contributed by atoms with E-state index in [0.717, 1.165) is 21.2 Å². The zero-order chi connectivity index (χ0) is 24.0. The van der Waals surface area contributed by atoms with E-state index in [1.54, 1.807) is 12.1 Å². The Morgan fingerprint density at radius 1 is 0.429 bits per heavy atom. The fourth-order valence-corrected chi connectivity index (χ4v) is 10.4. The molecule has 35 heavy (non-hydrogen) atoms. The van der Waals surface area contributed by atoms with E-state index in [0.29, 0.717) is 5.75 Å². The average molecular weight is 476 g/mol. The third-order valence-corrected chi connectivity index (χ3v) is 12.0. The van der Waals surface area contributed by atoms with E-state index < -0.39 is 14.2 Å². The van der Waals surface area contributed by atoms with E-state index in [4.69, 9.17) is 9.10 Å². The van der Waals surface area contributed by atoms with Crippen molar-refractivity contribution in [1.29, 1.82) is 0 Å². The van der Waals surface area contributed by atoms with Gasteiger partial charge in [-0.15, -0.1) is 0 Å². The van der Waals surface area contributed by atoms with Crippen molar-refractivity contribution in [1.82, 2.24) is 0 Å². The Balaban J connectivity index is 1.88. The third kappa shape index (κ3) is 3.96. The van der Waals surface area contributed by atoms with E-state index in [1.807, 2.05) is 91.0 Å². The molecule has 0 aliphatic carbocycles. The summed E-state index contributed by atoms with van der Waals surface area (Å²) in [4.78, 5) is 0. The van der Waals surface area contributed by atoms with Crippen LogP contribution in [0.4, 0.5) is 0 Å². The molecular weight excluding hydrogens is 450 g/mol. The average Bonchev–Trinajstić information content (AvgIpc) is 2.94. The topological polar surface area (TPSA) is 38.7 Å². The fraction of sp³-hybridized carbons (Fsp3) is 0. The van der Waals surface area contributed by atoms with E-state index in [1.165, 1.54) is 0 Å². The summed E-state index contributed by atoms with van der Waals surface area (Å²) in [7, 11) is -1.53. The quantitative estimate of drug-likeness (QED) is 0.258. The molecule has 0 amide bonds. The van der Waals surface area contributed by atoms with Crippen molar-refractivity contribution >= 4 is 35.4 Å². The standard InChI is InChI=1S/C30H26BO3P/c32-31(33-26-16-6-1-7-17-26)34-35(27-18-8-2-9-19-27,28-20-10-3-11-21-28,29-22-12-4-13-23-29)30-24-14-5-15-25-30/h1-25,32H. The molecule has 0 heterocycles. The molecule has 5 heteroatoms. The molecule has 0 aliphatic rings. The van der Waals surface area contributed by atoms with Crippen molar-refractivity contribution in [3.8, 4) is 5.75 Å². The minimum atomic E-state index is -3.97. The Hall–Kier alpha value is -3.69. The first-order valence-electron chi connectivity index (χ1n) is 11.6. The van der Waals surface area contributed by atoms with E-state index >= 15 is 0 Å². The predicted molar refractivity (Wildman–Crippen MR) is 147 cm³/mol. The molecule has 0 atom stereocenters. The molecule has 1 N–H and O–H groups in total. The van der Waals surface area contributed by atoms with Crippen LogP contribution in [0.25, 0.3) is 0 Å². The molecule has 5 rings (SSSR count). The van der Waals surface area contributed by atoms with Gasteiger partial charge in [-0.05, 0) is 0 Å². The van der Waals surface area contributed by atoms with Crippen LogP contribution in [0.15, 0.2) is 152 Å². The van der Waals surface area contributed by atoms with E-state index in [9.17, 15) is 5.02 Å². The van der Waals surface area contributed by atoms with Crippen molar-refractivity contribution < 1.29 is 14.1 Å². The Morgan fingerprint density at radius 3 is 1.03 bits per heavy atom. The summed E-state index contributed by atoms with van der Waals surface area (Å²) in [5.41, 5.74) is 0. The molecule has 0 radical (unpaired) electrons. The summed E-state index contributed by atoms with van der Waals surface area (Å²) >= 11 is 0. The van der Waals surface area contributed by atoms with Gasteiger partial charge >= 0.3 is 207 Å². The number of para-hydroxylation sites is 1. The monoisotopic (exact) mass is 476 g/mol. The summed E-state index contributed by atoms with van der Waals surface area (Å²) in [5.74, 6) is 0.527. The Labute approximate surface area is 206 Å². The van der Waals surface area contributed by atoms with Crippen LogP contribution in [0, 0.1) is 0 Å². The molecule has 0 saturated carbocycles. The first-order valence-corrected chi connectivity index (χ1v) is 13.7. The normalized spacial score (nSPS) is 12.3. The number of hydrogen-bond acceptors (Lipinski definition) is 3. The molecule has 5 aromatic rings. The van der Waals surface area contributed by atoms with Crippen molar-refractivity contribution in [2.45, 2.75) is 0 Å². The predicted octanol–water partition coefficient (Wildman–Crippen LogP) is 4.83. The van der Waals surface area contributed by atoms with Gasteiger partial charge in [0.15, 0.2) is 0 Å². The summed E-state index contributed by atoms with van der Waals surface area (Å²) in [6.45, 7) is -3.97. The van der Waals surface area contributed by atoms with Gasteiger partial charge in [-0.1, -0.05) is 0 Å². The van der Waals surface area contributed by atoms with E-state index in [-0.39, 0.29) is 0 Å². The summed E-state index contributed by atoms with van der Waals surface area (Å²) < 4.78 is 13.0. The SMILES string of the molecule is OB(Oc1ccccc1)OP(c1ccccc1)(c1ccccc1)(c1ccccc1)c1ccccc1. The molecule has 172 valence electrons. The second-order valence-electron chi connectivity index (χ2n) is 8.22. The molecule has 0 unspecified atom stereocenters. The molecule has 5 aromatic carbocycles. The Kier molecular flexibility index (Phi) is 6.52. The van der Waals surface area contributed by atoms with Crippen molar-refractivity contribution in [2.24, 2.45) is 0 Å². The first-order chi connectivity index (χ1) is 17.2. The minimum absolute atomic E-state index is 0.527. The van der Waals surface area contributed by atoms with E-state index in [2.05, 4.69) is 48.5 Å². The second-order valence-corrected chi connectivity index (χ2v) is 12.6. The maximum atomic E-state index is 11.4. The fourth-order valence-electron chi connectivity index (χ4n) is 4.81. The summed E-state index contributed by atoms with van der Waals surface area (Å²) in [6, 6.07) is 50.0. The maximum absolute atomic E-state index is 11.4. The third-order valence-electron chi connectivity index (χ3n) is 6.28. The van der Waals surface area contributed by atoms with Crippen LogP contribution in [-0.2, 0) is 4.44 Å². The summed E-state index contributed by atoms with van der Waals surface area (Å²) in [5, 5.41) is 15.3. The second kappa shape index (κ2) is 9.89. The number of hydrogen-bond donors (Lipinski definition) is 1. The van der Waals surface area contributed by atoms with Crippen LogP contribution < -0.4 is 25.9 Å². The number of benzene rings is 5. The Bertz CT molecular complexity index is 1180. The van der Waals surface area contributed by atoms with Crippen LogP contribution >= 0.6 is 6.83 Å². The van der Waals surface area contributed by atoms with Gasteiger partial charge in [0.1, 0.15) is 0 Å². The zero-order valence-electron chi connectivity index (χ0n) is 19.2. The van der Waals surface area contributed by atoms with Crippen molar-refractivity contribution in [3.05, 3.63) is 152 Å².